The maximum absolute atomic E-state index is 12.2. The number of aromatic amines is 1. The second-order valence-corrected chi connectivity index (χ2v) is 5.73. The molecule has 0 aliphatic heterocycles. The molecule has 0 saturated heterocycles. The number of aromatic nitrogens is 1. The lowest BCUT2D eigenvalue weighted by molar-refractivity contribution is 0.900. The van der Waals surface area contributed by atoms with Crippen LogP contribution < -0.4 is 5.43 Å². The Hall–Kier alpha value is -0.550. The van der Waals surface area contributed by atoms with Crippen LogP contribution in [0.3, 0.4) is 0 Å². The number of halogens is 2. The fraction of sp³-hybridized carbons (Fsp3) is 0.250. The van der Waals surface area contributed by atoms with Crippen molar-refractivity contribution in [1.82, 2.24) is 4.98 Å². The van der Waals surface area contributed by atoms with Crippen LogP contribution in [0.15, 0.2) is 16.9 Å². The molecule has 1 aliphatic rings. The molecule has 2 aromatic rings. The lowest BCUT2D eigenvalue weighted by Gasteiger charge is -2.06. The third-order valence-corrected chi connectivity index (χ3v) is 3.99. The molecule has 82 valence electrons. The first-order chi connectivity index (χ1) is 7.66. The highest BCUT2D eigenvalue weighted by molar-refractivity contribution is 14.1. The summed E-state index contributed by atoms with van der Waals surface area (Å²) in [6.45, 7) is 0. The quantitative estimate of drug-likeness (QED) is 0.730. The van der Waals surface area contributed by atoms with Crippen molar-refractivity contribution < 1.29 is 0 Å². The minimum Gasteiger partial charge on any atom is -0.357 e. The molecule has 3 rings (SSSR count). The Balaban J connectivity index is 2.51. The molecule has 1 aromatic carbocycles. The fourth-order valence-electron chi connectivity index (χ4n) is 2.33. The molecule has 16 heavy (non-hydrogen) atoms. The number of hydrogen-bond acceptors (Lipinski definition) is 1. The highest BCUT2D eigenvalue weighted by atomic mass is 127. The maximum atomic E-state index is 12.2. The highest BCUT2D eigenvalue weighted by Crippen LogP contribution is 2.26. The summed E-state index contributed by atoms with van der Waals surface area (Å²) in [5.74, 6) is 0. The molecule has 0 bridgehead atoms. The van der Waals surface area contributed by atoms with Crippen molar-refractivity contribution in [3.63, 3.8) is 0 Å². The van der Waals surface area contributed by atoms with Gasteiger partial charge in [-0.15, -0.1) is 0 Å². The standard InChI is InChI=1S/C12H9ClINO/c13-9-5-6(14)4-8-11(9)15-10-3-1-2-7(10)12(8)16/h4-5H,1-3H2,(H,15,16). The van der Waals surface area contributed by atoms with Gasteiger partial charge in [-0.2, -0.15) is 0 Å². The Morgan fingerprint density at radius 1 is 1.31 bits per heavy atom. The van der Waals surface area contributed by atoms with E-state index in [-0.39, 0.29) is 5.43 Å². The molecule has 4 heteroatoms. The number of H-pyrrole nitrogens is 1. The second-order valence-electron chi connectivity index (χ2n) is 4.07. The minimum atomic E-state index is 0.154. The minimum absolute atomic E-state index is 0.154. The van der Waals surface area contributed by atoms with Crippen LogP contribution >= 0.6 is 34.2 Å². The molecular weight excluding hydrogens is 336 g/mol. The summed E-state index contributed by atoms with van der Waals surface area (Å²) in [6, 6.07) is 3.78. The van der Waals surface area contributed by atoms with E-state index in [1.807, 2.05) is 12.1 Å². The Bertz CT molecular complexity index is 647. The van der Waals surface area contributed by atoms with E-state index in [4.69, 9.17) is 11.6 Å². The lowest BCUT2D eigenvalue weighted by Crippen LogP contribution is -2.10. The SMILES string of the molecule is O=c1c2c([nH]c3c(Cl)cc(I)cc13)CCC2. The first kappa shape index (κ1) is 10.6. The Kier molecular flexibility index (Phi) is 2.47. The van der Waals surface area contributed by atoms with Gasteiger partial charge in [0.1, 0.15) is 0 Å². The number of pyridine rings is 1. The first-order valence-electron chi connectivity index (χ1n) is 5.19. The van der Waals surface area contributed by atoms with Crippen molar-refractivity contribution in [2.75, 3.05) is 0 Å². The molecule has 1 N–H and O–H groups in total. The van der Waals surface area contributed by atoms with Gasteiger partial charge in [-0.1, -0.05) is 11.6 Å². The van der Waals surface area contributed by atoms with E-state index in [1.165, 1.54) is 0 Å². The Labute approximate surface area is 111 Å². The smallest absolute Gasteiger partial charge is 0.192 e. The van der Waals surface area contributed by atoms with Crippen LogP contribution in [0.4, 0.5) is 0 Å². The van der Waals surface area contributed by atoms with E-state index in [0.717, 1.165) is 45.0 Å². The lowest BCUT2D eigenvalue weighted by atomic mass is 10.1. The van der Waals surface area contributed by atoms with Crippen molar-refractivity contribution >= 4 is 45.1 Å². The summed E-state index contributed by atoms with van der Waals surface area (Å²) in [6.07, 6.45) is 2.92. The summed E-state index contributed by atoms with van der Waals surface area (Å²) in [5.41, 5.74) is 2.96. The van der Waals surface area contributed by atoms with Crippen molar-refractivity contribution in [1.29, 1.82) is 0 Å². The zero-order chi connectivity index (χ0) is 11.3. The average Bonchev–Trinajstić information content (AvgIpc) is 2.68. The number of benzene rings is 1. The molecule has 0 amide bonds. The summed E-state index contributed by atoms with van der Waals surface area (Å²) >= 11 is 8.34. The summed E-state index contributed by atoms with van der Waals surface area (Å²) in [4.78, 5) is 15.6. The summed E-state index contributed by atoms with van der Waals surface area (Å²) < 4.78 is 0.999. The van der Waals surface area contributed by atoms with Gasteiger partial charge in [-0.3, -0.25) is 4.79 Å². The number of nitrogens with one attached hydrogen (secondary N) is 1. The van der Waals surface area contributed by atoms with Gasteiger partial charge in [0, 0.05) is 20.2 Å². The fourth-order valence-corrected chi connectivity index (χ4v) is 3.40. The van der Waals surface area contributed by atoms with E-state index < -0.39 is 0 Å². The molecule has 0 spiro atoms. The molecule has 0 unspecified atom stereocenters. The van der Waals surface area contributed by atoms with Crippen molar-refractivity contribution in [3.05, 3.63) is 42.2 Å². The van der Waals surface area contributed by atoms with Crippen LogP contribution in [-0.2, 0) is 12.8 Å². The van der Waals surface area contributed by atoms with Gasteiger partial charge in [-0.25, -0.2) is 0 Å². The van der Waals surface area contributed by atoms with Gasteiger partial charge in [0.25, 0.3) is 0 Å². The molecule has 1 aliphatic carbocycles. The van der Waals surface area contributed by atoms with Gasteiger partial charge >= 0.3 is 0 Å². The number of aryl methyl sites for hydroxylation is 1. The number of hydrogen-bond donors (Lipinski definition) is 1. The predicted octanol–water partition coefficient (Wildman–Crippen LogP) is 3.27. The van der Waals surface area contributed by atoms with Crippen LogP contribution in [0.1, 0.15) is 17.7 Å². The van der Waals surface area contributed by atoms with Crippen LogP contribution in [-0.4, -0.2) is 4.98 Å². The first-order valence-corrected chi connectivity index (χ1v) is 6.65. The van der Waals surface area contributed by atoms with Gasteiger partial charge in [0.2, 0.25) is 0 Å². The van der Waals surface area contributed by atoms with Crippen LogP contribution in [0.25, 0.3) is 10.9 Å². The molecule has 0 fully saturated rings. The predicted molar refractivity (Wildman–Crippen MR) is 74.3 cm³/mol. The molecule has 0 saturated carbocycles. The summed E-state index contributed by atoms with van der Waals surface area (Å²) in [7, 11) is 0. The van der Waals surface area contributed by atoms with Crippen molar-refractivity contribution in [3.8, 4) is 0 Å². The molecule has 2 nitrogen and oxygen atoms in total. The van der Waals surface area contributed by atoms with E-state index in [2.05, 4.69) is 27.6 Å². The Morgan fingerprint density at radius 2 is 2.12 bits per heavy atom. The van der Waals surface area contributed by atoms with E-state index in [9.17, 15) is 4.79 Å². The monoisotopic (exact) mass is 345 g/mol. The number of fused-ring (bicyclic) bond motifs is 2. The molecular formula is C12H9ClINO. The van der Waals surface area contributed by atoms with E-state index in [0.29, 0.717) is 5.02 Å². The molecule has 1 aromatic heterocycles. The molecule has 0 atom stereocenters. The highest BCUT2D eigenvalue weighted by Gasteiger charge is 2.18. The van der Waals surface area contributed by atoms with Crippen molar-refractivity contribution in [2.24, 2.45) is 0 Å². The zero-order valence-electron chi connectivity index (χ0n) is 8.44. The van der Waals surface area contributed by atoms with Crippen LogP contribution in [0.2, 0.25) is 5.02 Å². The zero-order valence-corrected chi connectivity index (χ0v) is 11.4. The summed E-state index contributed by atoms with van der Waals surface area (Å²) in [5, 5.41) is 1.35. The Morgan fingerprint density at radius 3 is 2.94 bits per heavy atom. The van der Waals surface area contributed by atoms with Gasteiger partial charge in [0.15, 0.2) is 5.43 Å². The third-order valence-electron chi connectivity index (χ3n) is 3.07. The topological polar surface area (TPSA) is 32.9 Å². The normalized spacial score (nSPS) is 14.4. The van der Waals surface area contributed by atoms with Crippen LogP contribution in [0, 0.1) is 3.57 Å². The van der Waals surface area contributed by atoms with Gasteiger partial charge in [0.05, 0.1) is 10.5 Å². The second kappa shape index (κ2) is 3.74. The molecule has 0 radical (unpaired) electrons. The van der Waals surface area contributed by atoms with Gasteiger partial charge < -0.3 is 4.98 Å². The number of rotatable bonds is 0. The van der Waals surface area contributed by atoms with E-state index in [1.54, 1.807) is 0 Å². The van der Waals surface area contributed by atoms with Crippen molar-refractivity contribution in [2.45, 2.75) is 19.3 Å². The van der Waals surface area contributed by atoms with E-state index >= 15 is 0 Å². The largest absolute Gasteiger partial charge is 0.357 e. The average molecular weight is 346 g/mol. The molecule has 1 heterocycles. The third kappa shape index (κ3) is 1.49. The van der Waals surface area contributed by atoms with Crippen LogP contribution in [0.5, 0.6) is 0 Å². The maximum Gasteiger partial charge on any atom is 0.192 e. The van der Waals surface area contributed by atoms with Gasteiger partial charge in [-0.05, 0) is 54.0 Å².